The SMILES string of the molecule is COc1cccc2c1OCC(CNc1cncc(C(=O)N3CCCC3)n1)C2. The van der Waals surface area contributed by atoms with Crippen LogP contribution >= 0.6 is 0 Å². The van der Waals surface area contributed by atoms with E-state index in [2.05, 4.69) is 21.4 Å². The number of hydrogen-bond donors (Lipinski definition) is 1. The third-order valence-electron chi connectivity index (χ3n) is 5.07. The van der Waals surface area contributed by atoms with Crippen molar-refractivity contribution in [3.8, 4) is 11.5 Å². The number of benzene rings is 1. The normalized spacial score (nSPS) is 18.6. The molecular weight excluding hydrogens is 344 g/mol. The molecule has 4 rings (SSSR count). The van der Waals surface area contributed by atoms with Crippen molar-refractivity contribution >= 4 is 11.7 Å². The van der Waals surface area contributed by atoms with E-state index in [1.165, 1.54) is 6.20 Å². The number of ether oxygens (including phenoxy) is 2. The minimum absolute atomic E-state index is 0.0364. The van der Waals surface area contributed by atoms with Gasteiger partial charge < -0.3 is 19.7 Å². The van der Waals surface area contributed by atoms with Crippen molar-refractivity contribution in [3.63, 3.8) is 0 Å². The van der Waals surface area contributed by atoms with Gasteiger partial charge in [-0.3, -0.25) is 9.78 Å². The Kier molecular flexibility index (Phi) is 5.09. The fourth-order valence-corrected chi connectivity index (χ4v) is 3.63. The van der Waals surface area contributed by atoms with Crippen molar-refractivity contribution in [1.82, 2.24) is 14.9 Å². The average molecular weight is 368 g/mol. The van der Waals surface area contributed by atoms with Gasteiger partial charge in [0, 0.05) is 25.6 Å². The first-order chi connectivity index (χ1) is 13.2. The van der Waals surface area contributed by atoms with Crippen molar-refractivity contribution < 1.29 is 14.3 Å². The van der Waals surface area contributed by atoms with Gasteiger partial charge in [-0.15, -0.1) is 0 Å². The summed E-state index contributed by atoms with van der Waals surface area (Å²) < 4.78 is 11.3. The molecule has 7 heteroatoms. The van der Waals surface area contributed by atoms with Crippen LogP contribution in [-0.4, -0.2) is 54.1 Å². The lowest BCUT2D eigenvalue weighted by Crippen LogP contribution is -2.29. The van der Waals surface area contributed by atoms with E-state index >= 15 is 0 Å². The largest absolute Gasteiger partial charge is 0.493 e. The van der Waals surface area contributed by atoms with Crippen LogP contribution in [0.2, 0.25) is 0 Å². The number of carbonyl (C=O) groups excluding carboxylic acids is 1. The van der Waals surface area contributed by atoms with Gasteiger partial charge in [-0.1, -0.05) is 12.1 Å². The van der Waals surface area contributed by atoms with Gasteiger partial charge in [-0.2, -0.15) is 0 Å². The minimum atomic E-state index is -0.0364. The van der Waals surface area contributed by atoms with Crippen molar-refractivity contribution in [1.29, 1.82) is 0 Å². The van der Waals surface area contributed by atoms with Crippen molar-refractivity contribution in [2.45, 2.75) is 19.3 Å². The second kappa shape index (κ2) is 7.82. The Morgan fingerprint density at radius 1 is 1.33 bits per heavy atom. The summed E-state index contributed by atoms with van der Waals surface area (Å²) in [6, 6.07) is 5.96. The maximum absolute atomic E-state index is 12.5. The minimum Gasteiger partial charge on any atom is -0.493 e. The van der Waals surface area contributed by atoms with E-state index in [1.807, 2.05) is 17.0 Å². The lowest BCUT2D eigenvalue weighted by atomic mass is 9.96. The summed E-state index contributed by atoms with van der Waals surface area (Å²) in [5, 5.41) is 3.30. The molecular formula is C20H24N4O3. The summed E-state index contributed by atoms with van der Waals surface area (Å²) in [4.78, 5) is 22.9. The van der Waals surface area contributed by atoms with Crippen LogP contribution in [-0.2, 0) is 6.42 Å². The summed E-state index contributed by atoms with van der Waals surface area (Å²) in [7, 11) is 1.65. The molecule has 3 heterocycles. The highest BCUT2D eigenvalue weighted by molar-refractivity contribution is 5.92. The van der Waals surface area contributed by atoms with Crippen LogP contribution in [0.5, 0.6) is 11.5 Å². The lowest BCUT2D eigenvalue weighted by Gasteiger charge is -2.26. The molecule has 1 unspecified atom stereocenters. The molecule has 1 aromatic heterocycles. The number of carbonyl (C=O) groups is 1. The molecule has 27 heavy (non-hydrogen) atoms. The summed E-state index contributed by atoms with van der Waals surface area (Å²) in [5.41, 5.74) is 1.55. The van der Waals surface area contributed by atoms with Gasteiger partial charge in [-0.05, 0) is 30.9 Å². The Balaban J connectivity index is 1.38. The van der Waals surface area contributed by atoms with Crippen LogP contribution < -0.4 is 14.8 Å². The highest BCUT2D eigenvalue weighted by Gasteiger charge is 2.23. The first-order valence-electron chi connectivity index (χ1n) is 9.38. The fraction of sp³-hybridized carbons (Fsp3) is 0.450. The number of anilines is 1. The molecule has 1 N–H and O–H groups in total. The number of likely N-dealkylation sites (tertiary alicyclic amines) is 1. The van der Waals surface area contributed by atoms with Crippen LogP contribution in [0.15, 0.2) is 30.6 Å². The van der Waals surface area contributed by atoms with E-state index < -0.39 is 0 Å². The van der Waals surface area contributed by atoms with Gasteiger partial charge in [0.1, 0.15) is 11.5 Å². The Hall–Kier alpha value is -2.83. The fourth-order valence-electron chi connectivity index (χ4n) is 3.63. The zero-order valence-corrected chi connectivity index (χ0v) is 15.5. The van der Waals surface area contributed by atoms with Crippen molar-refractivity contribution in [2.24, 2.45) is 5.92 Å². The van der Waals surface area contributed by atoms with Gasteiger partial charge in [-0.25, -0.2) is 4.98 Å². The second-order valence-corrected chi connectivity index (χ2v) is 7.00. The van der Waals surface area contributed by atoms with E-state index in [4.69, 9.17) is 9.47 Å². The molecule has 0 bridgehead atoms. The number of methoxy groups -OCH3 is 1. The zero-order valence-electron chi connectivity index (χ0n) is 15.5. The topological polar surface area (TPSA) is 76.6 Å². The van der Waals surface area contributed by atoms with E-state index in [1.54, 1.807) is 13.3 Å². The van der Waals surface area contributed by atoms with Gasteiger partial charge in [0.25, 0.3) is 5.91 Å². The van der Waals surface area contributed by atoms with Crippen molar-refractivity contribution in [2.75, 3.05) is 38.7 Å². The standard InChI is InChI=1S/C20H24N4O3/c1-26-17-6-4-5-15-9-14(13-27-19(15)17)10-22-18-12-21-11-16(23-18)20(25)24-7-2-3-8-24/h4-6,11-12,14H,2-3,7-10,13H2,1H3,(H,22,23). The number of amides is 1. The molecule has 1 atom stereocenters. The van der Waals surface area contributed by atoms with Crippen LogP contribution in [0.4, 0.5) is 5.82 Å². The molecule has 2 aliphatic rings. The maximum atomic E-state index is 12.5. The number of rotatable bonds is 5. The molecule has 1 fully saturated rings. The Labute approximate surface area is 158 Å². The third-order valence-corrected chi connectivity index (χ3v) is 5.07. The van der Waals surface area contributed by atoms with Crippen LogP contribution in [0.3, 0.4) is 0 Å². The molecule has 142 valence electrons. The molecule has 0 spiro atoms. The molecule has 2 aliphatic heterocycles. The quantitative estimate of drug-likeness (QED) is 0.873. The highest BCUT2D eigenvalue weighted by atomic mass is 16.5. The molecule has 0 radical (unpaired) electrons. The van der Waals surface area contributed by atoms with E-state index in [9.17, 15) is 4.79 Å². The van der Waals surface area contributed by atoms with Gasteiger partial charge >= 0.3 is 0 Å². The molecule has 2 aromatic rings. The number of para-hydroxylation sites is 1. The first kappa shape index (κ1) is 17.6. The summed E-state index contributed by atoms with van der Waals surface area (Å²) in [5.74, 6) is 2.51. The lowest BCUT2D eigenvalue weighted by molar-refractivity contribution is 0.0786. The monoisotopic (exact) mass is 368 g/mol. The van der Waals surface area contributed by atoms with Gasteiger partial charge in [0.15, 0.2) is 11.5 Å². The summed E-state index contributed by atoms with van der Waals surface area (Å²) in [6.45, 7) is 2.92. The Morgan fingerprint density at radius 3 is 3.00 bits per heavy atom. The second-order valence-electron chi connectivity index (χ2n) is 7.00. The average Bonchev–Trinajstić information content (AvgIpc) is 3.26. The van der Waals surface area contributed by atoms with Crippen LogP contribution in [0, 0.1) is 5.92 Å². The third kappa shape index (κ3) is 3.82. The first-order valence-corrected chi connectivity index (χ1v) is 9.38. The number of fused-ring (bicyclic) bond motifs is 1. The molecule has 0 saturated carbocycles. The molecule has 1 saturated heterocycles. The smallest absolute Gasteiger partial charge is 0.274 e. The van der Waals surface area contributed by atoms with E-state index in [0.717, 1.165) is 49.4 Å². The maximum Gasteiger partial charge on any atom is 0.274 e. The predicted molar refractivity (Wildman–Crippen MR) is 101 cm³/mol. The van der Waals surface area contributed by atoms with Crippen molar-refractivity contribution in [3.05, 3.63) is 41.9 Å². The molecule has 1 amide bonds. The Bertz CT molecular complexity index is 821. The van der Waals surface area contributed by atoms with Gasteiger partial charge in [0.2, 0.25) is 0 Å². The number of hydrogen-bond acceptors (Lipinski definition) is 6. The molecule has 0 aliphatic carbocycles. The summed E-state index contributed by atoms with van der Waals surface area (Å²) in [6.07, 6.45) is 6.22. The molecule has 1 aromatic carbocycles. The highest BCUT2D eigenvalue weighted by Crippen LogP contribution is 2.36. The van der Waals surface area contributed by atoms with Gasteiger partial charge in [0.05, 0.1) is 26.1 Å². The van der Waals surface area contributed by atoms with Crippen LogP contribution in [0.25, 0.3) is 0 Å². The Morgan fingerprint density at radius 2 is 2.19 bits per heavy atom. The number of nitrogens with one attached hydrogen (secondary N) is 1. The predicted octanol–water partition coefficient (Wildman–Crippen LogP) is 2.38. The molecule has 7 nitrogen and oxygen atoms in total. The number of aromatic nitrogens is 2. The summed E-state index contributed by atoms with van der Waals surface area (Å²) >= 11 is 0. The number of nitrogens with zero attached hydrogens (tertiary/aromatic N) is 3. The van der Waals surface area contributed by atoms with E-state index in [-0.39, 0.29) is 5.91 Å². The zero-order chi connectivity index (χ0) is 18.6. The van der Waals surface area contributed by atoms with Crippen LogP contribution in [0.1, 0.15) is 28.9 Å². The van der Waals surface area contributed by atoms with E-state index in [0.29, 0.717) is 30.6 Å².